The van der Waals surface area contributed by atoms with Gasteiger partial charge in [-0.2, -0.15) is 0 Å². The highest BCUT2D eigenvalue weighted by Crippen LogP contribution is 2.42. The Balaban J connectivity index is 1.58. The number of nitrogens with zero attached hydrogens (tertiary/aromatic N) is 1. The number of carbonyl (C=O) groups excluding carboxylic acids is 2. The van der Waals surface area contributed by atoms with Crippen molar-refractivity contribution in [2.45, 2.75) is 23.3 Å². The standard InChI is InChI=1S/C26H26N2O5S/c1-5-28-19-14-17(10-11-23(19)34-22-9-7-6-8-18(22)26(28)30)25(29)27-15-16-12-20(31-2)24(33-4)21(13-16)32-3/h6-14H,5,15H2,1-4H3,(H,27,29). The minimum absolute atomic E-state index is 0.0701. The Morgan fingerprint density at radius 3 is 2.29 bits per heavy atom. The molecular formula is C26H26N2O5S. The number of benzene rings is 3. The number of anilines is 1. The van der Waals surface area contributed by atoms with Crippen molar-refractivity contribution >= 4 is 29.3 Å². The zero-order valence-corrected chi connectivity index (χ0v) is 20.3. The van der Waals surface area contributed by atoms with E-state index < -0.39 is 0 Å². The molecule has 0 spiro atoms. The molecule has 0 saturated carbocycles. The van der Waals surface area contributed by atoms with Gasteiger partial charge in [0.15, 0.2) is 11.5 Å². The van der Waals surface area contributed by atoms with Crippen molar-refractivity contribution in [3.8, 4) is 17.2 Å². The first-order chi connectivity index (χ1) is 16.5. The lowest BCUT2D eigenvalue weighted by atomic mass is 10.1. The molecule has 1 heterocycles. The predicted octanol–water partition coefficient (Wildman–Crippen LogP) is 4.77. The molecule has 1 aliphatic heterocycles. The first-order valence-corrected chi connectivity index (χ1v) is 11.6. The zero-order chi connectivity index (χ0) is 24.2. The SMILES string of the molecule is CCN1C(=O)c2ccccc2Sc2ccc(C(=O)NCc3cc(OC)c(OC)c(OC)c3)cc21. The highest BCUT2D eigenvalue weighted by molar-refractivity contribution is 7.99. The van der Waals surface area contributed by atoms with Crippen LogP contribution in [0.2, 0.25) is 0 Å². The second kappa shape index (κ2) is 10.1. The fraction of sp³-hybridized carbons (Fsp3) is 0.231. The van der Waals surface area contributed by atoms with Gasteiger partial charge in [-0.05, 0) is 55.0 Å². The molecule has 0 aliphatic carbocycles. The van der Waals surface area contributed by atoms with Gasteiger partial charge in [-0.1, -0.05) is 23.9 Å². The lowest BCUT2D eigenvalue weighted by molar-refractivity contribution is 0.0947. The largest absolute Gasteiger partial charge is 0.493 e. The number of fused-ring (bicyclic) bond motifs is 2. The Morgan fingerprint density at radius 1 is 0.941 bits per heavy atom. The van der Waals surface area contributed by atoms with Gasteiger partial charge in [0.1, 0.15) is 0 Å². The van der Waals surface area contributed by atoms with Gasteiger partial charge >= 0.3 is 0 Å². The molecule has 176 valence electrons. The normalized spacial score (nSPS) is 12.4. The van der Waals surface area contributed by atoms with Crippen LogP contribution in [-0.2, 0) is 6.54 Å². The van der Waals surface area contributed by atoms with Crippen LogP contribution in [0.5, 0.6) is 17.2 Å². The smallest absolute Gasteiger partial charge is 0.259 e. The lowest BCUT2D eigenvalue weighted by Crippen LogP contribution is -2.31. The van der Waals surface area contributed by atoms with E-state index in [9.17, 15) is 9.59 Å². The maximum Gasteiger partial charge on any atom is 0.259 e. The van der Waals surface area contributed by atoms with E-state index in [1.165, 1.54) is 11.8 Å². The summed E-state index contributed by atoms with van der Waals surface area (Å²) in [6.07, 6.45) is 0. The van der Waals surface area contributed by atoms with Gasteiger partial charge < -0.3 is 24.4 Å². The topological polar surface area (TPSA) is 77.1 Å². The summed E-state index contributed by atoms with van der Waals surface area (Å²) >= 11 is 1.53. The molecule has 1 aliphatic rings. The monoisotopic (exact) mass is 478 g/mol. The number of methoxy groups -OCH3 is 3. The number of amides is 2. The van der Waals surface area contributed by atoms with Crippen molar-refractivity contribution in [1.29, 1.82) is 0 Å². The number of carbonyl (C=O) groups is 2. The molecule has 0 atom stereocenters. The van der Waals surface area contributed by atoms with Crippen molar-refractivity contribution < 1.29 is 23.8 Å². The minimum atomic E-state index is -0.244. The highest BCUT2D eigenvalue weighted by atomic mass is 32.2. The quantitative estimate of drug-likeness (QED) is 0.527. The molecule has 0 fully saturated rings. The van der Waals surface area contributed by atoms with Crippen LogP contribution in [0.25, 0.3) is 0 Å². The van der Waals surface area contributed by atoms with E-state index in [0.29, 0.717) is 34.9 Å². The average Bonchev–Trinajstić information content (AvgIpc) is 2.99. The third-order valence-corrected chi connectivity index (χ3v) is 6.73. The van der Waals surface area contributed by atoms with Gasteiger partial charge in [0.25, 0.3) is 11.8 Å². The highest BCUT2D eigenvalue weighted by Gasteiger charge is 2.27. The number of nitrogens with one attached hydrogen (secondary N) is 1. The van der Waals surface area contributed by atoms with E-state index in [4.69, 9.17) is 14.2 Å². The van der Waals surface area contributed by atoms with Gasteiger partial charge in [-0.15, -0.1) is 0 Å². The van der Waals surface area contributed by atoms with Crippen LogP contribution in [0.1, 0.15) is 33.2 Å². The van der Waals surface area contributed by atoms with Crippen LogP contribution in [0.15, 0.2) is 64.4 Å². The number of rotatable bonds is 7. The summed E-state index contributed by atoms with van der Waals surface area (Å²) in [4.78, 5) is 29.7. The molecule has 1 N–H and O–H groups in total. The maximum absolute atomic E-state index is 13.2. The summed E-state index contributed by atoms with van der Waals surface area (Å²) in [5.41, 5.74) is 2.67. The molecular weight excluding hydrogens is 452 g/mol. The Bertz CT molecular complexity index is 1220. The third kappa shape index (κ3) is 4.41. The molecule has 2 amide bonds. The first kappa shape index (κ1) is 23.5. The Morgan fingerprint density at radius 2 is 1.65 bits per heavy atom. The molecule has 8 heteroatoms. The van der Waals surface area contributed by atoms with Crippen LogP contribution in [0.4, 0.5) is 5.69 Å². The maximum atomic E-state index is 13.2. The van der Waals surface area contributed by atoms with E-state index in [2.05, 4.69) is 5.32 Å². The van der Waals surface area contributed by atoms with Gasteiger partial charge in [-0.3, -0.25) is 9.59 Å². The van der Waals surface area contributed by atoms with Gasteiger partial charge in [0.05, 0.1) is 32.6 Å². The van der Waals surface area contributed by atoms with Gasteiger partial charge in [0, 0.05) is 28.4 Å². The van der Waals surface area contributed by atoms with E-state index in [1.807, 2.05) is 37.3 Å². The van der Waals surface area contributed by atoms with E-state index >= 15 is 0 Å². The van der Waals surface area contributed by atoms with Crippen LogP contribution in [0, 0.1) is 0 Å². The van der Waals surface area contributed by atoms with Gasteiger partial charge in [0.2, 0.25) is 5.75 Å². The van der Waals surface area contributed by atoms with Crippen molar-refractivity contribution in [2.24, 2.45) is 0 Å². The van der Waals surface area contributed by atoms with Crippen LogP contribution < -0.4 is 24.4 Å². The fourth-order valence-corrected chi connectivity index (χ4v) is 4.96. The molecule has 0 radical (unpaired) electrons. The number of hydrogen-bond donors (Lipinski definition) is 1. The second-order valence-corrected chi connectivity index (χ2v) is 8.63. The zero-order valence-electron chi connectivity index (χ0n) is 19.5. The van der Waals surface area contributed by atoms with Crippen molar-refractivity contribution in [1.82, 2.24) is 5.32 Å². The molecule has 4 rings (SSSR count). The summed E-state index contributed by atoms with van der Waals surface area (Å²) in [5.74, 6) is 1.22. The van der Waals surface area contributed by atoms with Crippen molar-refractivity contribution in [2.75, 3.05) is 32.8 Å². The third-order valence-electron chi connectivity index (χ3n) is 5.59. The first-order valence-electron chi connectivity index (χ1n) is 10.8. The average molecular weight is 479 g/mol. The van der Waals surface area contributed by atoms with Crippen LogP contribution in [-0.4, -0.2) is 39.7 Å². The summed E-state index contributed by atoms with van der Waals surface area (Å²) in [5, 5.41) is 2.94. The van der Waals surface area contributed by atoms with E-state index in [1.54, 1.807) is 50.5 Å². The molecule has 3 aromatic rings. The number of hydrogen-bond acceptors (Lipinski definition) is 6. The Hall–Kier alpha value is -3.65. The predicted molar refractivity (Wildman–Crippen MR) is 132 cm³/mol. The second-order valence-electron chi connectivity index (χ2n) is 7.55. The Labute approximate surface area is 203 Å². The molecule has 0 unspecified atom stereocenters. The van der Waals surface area contributed by atoms with E-state index in [0.717, 1.165) is 21.0 Å². The molecule has 0 bridgehead atoms. The molecule has 0 saturated heterocycles. The minimum Gasteiger partial charge on any atom is -0.493 e. The van der Waals surface area contributed by atoms with Crippen LogP contribution >= 0.6 is 11.8 Å². The molecule has 34 heavy (non-hydrogen) atoms. The lowest BCUT2D eigenvalue weighted by Gasteiger charge is -2.21. The van der Waals surface area contributed by atoms with Crippen molar-refractivity contribution in [3.63, 3.8) is 0 Å². The molecule has 0 aromatic heterocycles. The summed E-state index contributed by atoms with van der Waals surface area (Å²) in [7, 11) is 4.64. The van der Waals surface area contributed by atoms with E-state index in [-0.39, 0.29) is 18.4 Å². The summed E-state index contributed by atoms with van der Waals surface area (Å²) in [6.45, 7) is 2.69. The van der Waals surface area contributed by atoms with Gasteiger partial charge in [-0.25, -0.2) is 0 Å². The fourth-order valence-electron chi connectivity index (χ4n) is 3.90. The molecule has 3 aromatic carbocycles. The van der Waals surface area contributed by atoms with Crippen LogP contribution in [0.3, 0.4) is 0 Å². The Kier molecular flexibility index (Phi) is 6.98. The van der Waals surface area contributed by atoms with Crippen molar-refractivity contribution in [3.05, 3.63) is 71.3 Å². The summed E-state index contributed by atoms with van der Waals surface area (Å²) < 4.78 is 16.1. The molecule has 7 nitrogen and oxygen atoms in total. The summed E-state index contributed by atoms with van der Waals surface area (Å²) in [6, 6.07) is 16.6. The number of ether oxygens (including phenoxy) is 3.